The normalized spacial score (nSPS) is 32.5. The van der Waals surface area contributed by atoms with Crippen molar-refractivity contribution in [2.45, 2.75) is 99.8 Å². The van der Waals surface area contributed by atoms with Crippen molar-refractivity contribution >= 4 is 40.7 Å². The average molecular weight is 634 g/mol. The number of nitrogens with zero attached hydrogens (tertiary/aromatic N) is 1. The van der Waals surface area contributed by atoms with E-state index in [0.717, 1.165) is 12.8 Å². The molecule has 1 aromatic heterocycles. The highest BCUT2D eigenvalue weighted by Gasteiger charge is 2.73. The molecule has 2 saturated carbocycles. The fourth-order valence-corrected chi connectivity index (χ4v) is 8.67. The van der Waals surface area contributed by atoms with Crippen LogP contribution in [0.1, 0.15) is 82.3 Å². The minimum Gasteiger partial charge on any atom is -0.393 e. The van der Waals surface area contributed by atoms with Gasteiger partial charge in [0.05, 0.1) is 18.2 Å². The molecule has 1 saturated heterocycles. The summed E-state index contributed by atoms with van der Waals surface area (Å²) in [7, 11) is 1.60. The number of carbonyl (C=O) groups is 2. The Kier molecular flexibility index (Phi) is 7.82. The lowest BCUT2D eigenvalue weighted by molar-refractivity contribution is -0.125. The van der Waals surface area contributed by atoms with Crippen LogP contribution < -0.4 is 16.0 Å². The molecule has 11 heteroatoms. The molecule has 2 aliphatic carbocycles. The molecular weight excluding hydrogens is 594 g/mol. The van der Waals surface area contributed by atoms with E-state index in [9.17, 15) is 14.7 Å². The van der Waals surface area contributed by atoms with E-state index in [2.05, 4.69) is 34.8 Å². The van der Waals surface area contributed by atoms with Crippen molar-refractivity contribution in [2.75, 3.05) is 19.0 Å². The standard InChI is InChI=1S/C32H39Cl2FN4O4/c1-29(2)11-13-31(14-12-29)32(21-5-4-18(33)16-22(21)38-28(32)42)23(20-8-15-36-26(34)24(20)35)25(39-31)27(41)37-19-6-9-30(17-40,43-3)10-7-19/h4-5,8,15-16,19,23,25,39-40H,6-7,9-14,17H2,1-3H3,(H,37,41)(H,38,42)/t19-,23-,25+,30+,32+/m0/s1. The van der Waals surface area contributed by atoms with Gasteiger partial charge in [-0.05, 0) is 86.1 Å². The number of fused-ring (bicyclic) bond motifs is 3. The number of carbonyl (C=O) groups excluding carboxylic acids is 2. The minimum absolute atomic E-state index is 0.0513. The number of aliphatic hydroxyl groups is 1. The van der Waals surface area contributed by atoms with Gasteiger partial charge < -0.3 is 20.5 Å². The summed E-state index contributed by atoms with van der Waals surface area (Å²) < 4.78 is 21.7. The predicted octanol–water partition coefficient (Wildman–Crippen LogP) is 5.25. The summed E-state index contributed by atoms with van der Waals surface area (Å²) in [5.41, 5.74) is -1.26. The number of benzene rings is 1. The molecule has 2 aromatic rings. The molecule has 4 aliphatic rings. The van der Waals surface area contributed by atoms with Gasteiger partial charge in [-0.1, -0.05) is 43.1 Å². The Labute approximate surface area is 261 Å². The van der Waals surface area contributed by atoms with Crippen LogP contribution >= 0.6 is 23.2 Å². The van der Waals surface area contributed by atoms with Crippen molar-refractivity contribution < 1.29 is 23.8 Å². The minimum atomic E-state index is -1.31. The monoisotopic (exact) mass is 632 g/mol. The number of ether oxygens (including phenoxy) is 1. The van der Waals surface area contributed by atoms with Crippen LogP contribution in [-0.4, -0.2) is 58.8 Å². The number of rotatable bonds is 5. The first kappa shape index (κ1) is 30.7. The maximum Gasteiger partial charge on any atom is 0.238 e. The Hall–Kier alpha value is -2.30. The zero-order valence-corrected chi connectivity index (χ0v) is 26.2. The SMILES string of the molecule is CO[C@]1(CO)CC[C@H](NC(=O)[C@@H]2NC3(CCC(C)(C)CC3)[C@@]3(C(=O)Nc4cc(Cl)ccc43)[C@H]2c2ccnc(Cl)c2F)CC1. The summed E-state index contributed by atoms with van der Waals surface area (Å²) in [6, 6.07) is 5.75. The van der Waals surface area contributed by atoms with Crippen LogP contribution in [0.15, 0.2) is 30.5 Å². The molecule has 2 spiro atoms. The Balaban J connectivity index is 1.48. The van der Waals surface area contributed by atoms with Crippen molar-refractivity contribution in [3.63, 3.8) is 0 Å². The number of nitrogens with one attached hydrogen (secondary N) is 3. The van der Waals surface area contributed by atoms with Crippen LogP contribution in [0.3, 0.4) is 0 Å². The molecule has 3 fully saturated rings. The Morgan fingerprint density at radius 2 is 1.84 bits per heavy atom. The lowest BCUT2D eigenvalue weighted by atomic mass is 9.53. The Morgan fingerprint density at radius 1 is 1.14 bits per heavy atom. The van der Waals surface area contributed by atoms with Crippen molar-refractivity contribution in [3.8, 4) is 0 Å². The van der Waals surface area contributed by atoms with Gasteiger partial charge in [0.25, 0.3) is 0 Å². The summed E-state index contributed by atoms with van der Waals surface area (Å²) in [5, 5.41) is 20.0. The molecule has 2 aliphatic heterocycles. The second-order valence-corrected chi connectivity index (χ2v) is 14.4. The third-order valence-corrected chi connectivity index (χ3v) is 11.4. The van der Waals surface area contributed by atoms with E-state index in [4.69, 9.17) is 27.9 Å². The van der Waals surface area contributed by atoms with E-state index in [1.54, 1.807) is 19.2 Å². The second-order valence-electron chi connectivity index (χ2n) is 13.6. The molecule has 232 valence electrons. The van der Waals surface area contributed by atoms with Gasteiger partial charge >= 0.3 is 0 Å². The topological polar surface area (TPSA) is 113 Å². The molecule has 8 nitrogen and oxygen atoms in total. The van der Waals surface area contributed by atoms with Crippen molar-refractivity contribution in [1.82, 2.24) is 15.6 Å². The van der Waals surface area contributed by atoms with Crippen LogP contribution in [0.25, 0.3) is 0 Å². The number of aliphatic hydroxyl groups excluding tert-OH is 1. The van der Waals surface area contributed by atoms with Gasteiger partial charge in [0, 0.05) is 41.5 Å². The number of pyridine rings is 1. The van der Waals surface area contributed by atoms with E-state index < -0.39 is 34.3 Å². The fourth-order valence-electron chi connectivity index (χ4n) is 8.33. The smallest absolute Gasteiger partial charge is 0.238 e. The predicted molar refractivity (Wildman–Crippen MR) is 163 cm³/mol. The number of halogens is 3. The molecule has 0 bridgehead atoms. The van der Waals surface area contributed by atoms with Gasteiger partial charge in [-0.15, -0.1) is 0 Å². The number of hydrogen-bond acceptors (Lipinski definition) is 6. The van der Waals surface area contributed by atoms with Crippen molar-refractivity contribution in [3.05, 3.63) is 57.6 Å². The number of aromatic nitrogens is 1. The van der Waals surface area contributed by atoms with Crippen molar-refractivity contribution in [1.29, 1.82) is 0 Å². The van der Waals surface area contributed by atoms with E-state index in [1.807, 2.05) is 6.07 Å². The van der Waals surface area contributed by atoms with Gasteiger partial charge in [0.15, 0.2) is 11.0 Å². The van der Waals surface area contributed by atoms with Gasteiger partial charge in [0.2, 0.25) is 11.8 Å². The van der Waals surface area contributed by atoms with E-state index >= 15 is 4.39 Å². The highest BCUT2D eigenvalue weighted by Crippen LogP contribution is 2.64. The third-order valence-electron chi connectivity index (χ3n) is 10.9. The van der Waals surface area contributed by atoms with E-state index in [-0.39, 0.29) is 40.6 Å². The number of amides is 2. The zero-order valence-electron chi connectivity index (χ0n) is 24.7. The fraction of sp³-hybridized carbons (Fsp3) is 0.594. The molecule has 0 unspecified atom stereocenters. The molecule has 6 rings (SSSR count). The summed E-state index contributed by atoms with van der Waals surface area (Å²) in [4.78, 5) is 32.9. The van der Waals surface area contributed by atoms with Gasteiger partial charge in [0.1, 0.15) is 5.41 Å². The lowest BCUT2D eigenvalue weighted by Crippen LogP contribution is -2.61. The summed E-state index contributed by atoms with van der Waals surface area (Å²) in [5.74, 6) is -2.24. The number of hydrogen-bond donors (Lipinski definition) is 4. The quantitative estimate of drug-likeness (QED) is 0.335. The summed E-state index contributed by atoms with van der Waals surface area (Å²) >= 11 is 12.6. The summed E-state index contributed by atoms with van der Waals surface area (Å²) in [6.07, 6.45) is 6.75. The average Bonchev–Trinajstić information content (AvgIpc) is 3.44. The van der Waals surface area contributed by atoms with Crippen LogP contribution in [0, 0.1) is 11.2 Å². The maximum absolute atomic E-state index is 16.1. The molecule has 3 heterocycles. The van der Waals surface area contributed by atoms with Crippen LogP contribution in [-0.2, 0) is 19.7 Å². The van der Waals surface area contributed by atoms with E-state index in [1.165, 1.54) is 12.3 Å². The first-order valence-corrected chi connectivity index (χ1v) is 15.8. The molecular formula is C32H39Cl2FN4O4. The largest absolute Gasteiger partial charge is 0.393 e. The number of methoxy groups -OCH3 is 1. The Bertz CT molecular complexity index is 1430. The number of anilines is 1. The second kappa shape index (κ2) is 10.9. The van der Waals surface area contributed by atoms with Crippen LogP contribution in [0.2, 0.25) is 10.2 Å². The molecule has 0 radical (unpaired) electrons. The van der Waals surface area contributed by atoms with Gasteiger partial charge in [-0.25, -0.2) is 9.37 Å². The maximum atomic E-state index is 16.1. The molecule has 3 atom stereocenters. The lowest BCUT2D eigenvalue weighted by Gasteiger charge is -2.50. The first-order chi connectivity index (χ1) is 20.4. The Morgan fingerprint density at radius 3 is 2.49 bits per heavy atom. The molecule has 4 N–H and O–H groups in total. The molecule has 2 amide bonds. The molecule has 43 heavy (non-hydrogen) atoms. The summed E-state index contributed by atoms with van der Waals surface area (Å²) in [6.45, 7) is 4.34. The van der Waals surface area contributed by atoms with Crippen LogP contribution in [0.4, 0.5) is 10.1 Å². The van der Waals surface area contributed by atoms with Crippen molar-refractivity contribution in [2.24, 2.45) is 5.41 Å². The van der Waals surface area contributed by atoms with Crippen LogP contribution in [0.5, 0.6) is 0 Å². The molecule has 1 aromatic carbocycles. The van der Waals surface area contributed by atoms with Gasteiger partial charge in [-0.3, -0.25) is 14.9 Å². The van der Waals surface area contributed by atoms with E-state index in [0.29, 0.717) is 54.8 Å². The highest BCUT2D eigenvalue weighted by atomic mass is 35.5. The first-order valence-electron chi connectivity index (χ1n) is 15.1. The zero-order chi connectivity index (χ0) is 30.8. The van der Waals surface area contributed by atoms with Gasteiger partial charge in [-0.2, -0.15) is 0 Å². The third kappa shape index (κ3) is 4.78. The highest BCUT2D eigenvalue weighted by molar-refractivity contribution is 6.31.